The van der Waals surface area contributed by atoms with E-state index in [1.54, 1.807) is 26.2 Å². The Labute approximate surface area is 141 Å². The molecule has 0 bridgehead atoms. The Hall–Kier alpha value is -2.14. The molecule has 5 heteroatoms. The van der Waals surface area contributed by atoms with Gasteiger partial charge in [-0.05, 0) is 56.8 Å². The van der Waals surface area contributed by atoms with Gasteiger partial charge in [0.05, 0.1) is 13.2 Å². The molecule has 0 aliphatic carbocycles. The minimum atomic E-state index is -0.258. The number of ether oxygens (including phenoxy) is 1. The summed E-state index contributed by atoms with van der Waals surface area (Å²) in [4.78, 5) is 0. The lowest BCUT2D eigenvalue weighted by molar-refractivity contribution is 0.405. The van der Waals surface area contributed by atoms with E-state index in [1.165, 1.54) is 6.07 Å². The summed E-state index contributed by atoms with van der Waals surface area (Å²) in [6.07, 6.45) is 0. The minimum absolute atomic E-state index is 0.0415. The SMILES string of the molecule is COc1ccc(C)cc1[C@@H](C)NC(=S)Nc1ccc(C)c(F)c1. The van der Waals surface area contributed by atoms with Gasteiger partial charge in [-0.1, -0.05) is 23.8 Å². The lowest BCUT2D eigenvalue weighted by Crippen LogP contribution is -2.31. The molecule has 0 saturated carbocycles. The first-order valence-electron chi connectivity index (χ1n) is 7.39. The van der Waals surface area contributed by atoms with Gasteiger partial charge in [-0.3, -0.25) is 0 Å². The molecular formula is C18H21FN2OS. The Morgan fingerprint density at radius 2 is 1.91 bits per heavy atom. The van der Waals surface area contributed by atoms with Crippen LogP contribution in [-0.4, -0.2) is 12.2 Å². The molecule has 0 spiro atoms. The second-order valence-electron chi connectivity index (χ2n) is 5.53. The van der Waals surface area contributed by atoms with Gasteiger partial charge in [-0.2, -0.15) is 0 Å². The van der Waals surface area contributed by atoms with E-state index in [-0.39, 0.29) is 11.9 Å². The summed E-state index contributed by atoms with van der Waals surface area (Å²) < 4.78 is 19.0. The lowest BCUT2D eigenvalue weighted by atomic mass is 10.0. The average molecular weight is 332 g/mol. The summed E-state index contributed by atoms with van der Waals surface area (Å²) in [5.74, 6) is 0.547. The quantitative estimate of drug-likeness (QED) is 0.808. The third kappa shape index (κ3) is 4.42. The van der Waals surface area contributed by atoms with Gasteiger partial charge in [-0.15, -0.1) is 0 Å². The van der Waals surface area contributed by atoms with Crippen molar-refractivity contribution in [2.75, 3.05) is 12.4 Å². The minimum Gasteiger partial charge on any atom is -0.496 e. The average Bonchev–Trinajstić information content (AvgIpc) is 2.50. The fraction of sp³-hybridized carbons (Fsp3) is 0.278. The fourth-order valence-electron chi connectivity index (χ4n) is 2.30. The van der Waals surface area contributed by atoms with Crippen molar-refractivity contribution in [2.45, 2.75) is 26.8 Å². The number of rotatable bonds is 4. The maximum absolute atomic E-state index is 13.6. The summed E-state index contributed by atoms with van der Waals surface area (Å²) in [6.45, 7) is 5.75. The van der Waals surface area contributed by atoms with Crippen LogP contribution >= 0.6 is 12.2 Å². The molecule has 0 unspecified atom stereocenters. The van der Waals surface area contributed by atoms with Crippen molar-refractivity contribution in [3.05, 3.63) is 58.9 Å². The number of nitrogens with one attached hydrogen (secondary N) is 2. The third-order valence-corrected chi connectivity index (χ3v) is 3.85. The molecule has 0 radical (unpaired) electrons. The summed E-state index contributed by atoms with van der Waals surface area (Å²) in [5.41, 5.74) is 3.39. The predicted molar refractivity (Wildman–Crippen MR) is 96.6 cm³/mol. The van der Waals surface area contributed by atoms with Gasteiger partial charge in [-0.25, -0.2) is 4.39 Å². The zero-order valence-electron chi connectivity index (χ0n) is 13.7. The van der Waals surface area contributed by atoms with E-state index in [1.807, 2.05) is 26.0 Å². The van der Waals surface area contributed by atoms with E-state index in [0.29, 0.717) is 16.4 Å². The number of thiocarbonyl (C=S) groups is 1. The first kappa shape index (κ1) is 17.2. The molecule has 2 rings (SSSR count). The molecular weight excluding hydrogens is 311 g/mol. The molecule has 2 aromatic rings. The van der Waals surface area contributed by atoms with Crippen LogP contribution in [0.1, 0.15) is 29.7 Å². The van der Waals surface area contributed by atoms with Crippen molar-refractivity contribution in [1.82, 2.24) is 5.32 Å². The standard InChI is InChI=1S/C18H21FN2OS/c1-11-5-8-17(22-4)15(9-11)13(3)20-18(23)21-14-7-6-12(2)16(19)10-14/h5-10,13H,1-4H3,(H2,20,21,23)/t13-/m1/s1. The van der Waals surface area contributed by atoms with Crippen molar-refractivity contribution in [1.29, 1.82) is 0 Å². The van der Waals surface area contributed by atoms with Gasteiger partial charge in [0, 0.05) is 11.3 Å². The number of methoxy groups -OCH3 is 1. The van der Waals surface area contributed by atoms with Gasteiger partial charge in [0.25, 0.3) is 0 Å². The zero-order valence-corrected chi connectivity index (χ0v) is 14.6. The molecule has 1 atom stereocenters. The van der Waals surface area contributed by atoms with Crippen molar-refractivity contribution in [3.63, 3.8) is 0 Å². The fourth-order valence-corrected chi connectivity index (χ4v) is 2.60. The van der Waals surface area contributed by atoms with Crippen LogP contribution in [0.5, 0.6) is 5.75 Å². The summed E-state index contributed by atoms with van der Waals surface area (Å²) in [6, 6.07) is 10.9. The Morgan fingerprint density at radius 3 is 2.57 bits per heavy atom. The molecule has 0 amide bonds. The zero-order chi connectivity index (χ0) is 17.0. The molecule has 2 N–H and O–H groups in total. The molecule has 0 aliphatic heterocycles. The number of benzene rings is 2. The van der Waals surface area contributed by atoms with Crippen LogP contribution in [0.15, 0.2) is 36.4 Å². The van der Waals surface area contributed by atoms with E-state index in [2.05, 4.69) is 16.7 Å². The number of anilines is 1. The van der Waals surface area contributed by atoms with E-state index < -0.39 is 0 Å². The molecule has 3 nitrogen and oxygen atoms in total. The normalized spacial score (nSPS) is 11.7. The Balaban J connectivity index is 2.07. The summed E-state index contributed by atoms with van der Waals surface area (Å²) in [5, 5.41) is 6.64. The highest BCUT2D eigenvalue weighted by Gasteiger charge is 2.13. The van der Waals surface area contributed by atoms with Crippen molar-refractivity contribution in [3.8, 4) is 5.75 Å². The van der Waals surface area contributed by atoms with Gasteiger partial charge < -0.3 is 15.4 Å². The Bertz CT molecular complexity index is 718. The maximum Gasteiger partial charge on any atom is 0.171 e. The lowest BCUT2D eigenvalue weighted by Gasteiger charge is -2.20. The van der Waals surface area contributed by atoms with Gasteiger partial charge in [0.1, 0.15) is 11.6 Å². The third-order valence-electron chi connectivity index (χ3n) is 3.63. The van der Waals surface area contributed by atoms with Gasteiger partial charge in [0.2, 0.25) is 0 Å². The van der Waals surface area contributed by atoms with Gasteiger partial charge in [0.15, 0.2) is 5.11 Å². The topological polar surface area (TPSA) is 33.3 Å². The van der Waals surface area contributed by atoms with E-state index in [9.17, 15) is 4.39 Å². The number of hydrogen-bond donors (Lipinski definition) is 2. The van der Waals surface area contributed by atoms with Gasteiger partial charge >= 0.3 is 0 Å². The monoisotopic (exact) mass is 332 g/mol. The first-order chi connectivity index (χ1) is 10.9. The smallest absolute Gasteiger partial charge is 0.171 e. The van der Waals surface area contributed by atoms with Crippen LogP contribution in [-0.2, 0) is 0 Å². The first-order valence-corrected chi connectivity index (χ1v) is 7.79. The molecule has 23 heavy (non-hydrogen) atoms. The molecule has 0 aromatic heterocycles. The number of hydrogen-bond acceptors (Lipinski definition) is 2. The van der Waals surface area contributed by atoms with Crippen molar-refractivity contribution in [2.24, 2.45) is 0 Å². The largest absolute Gasteiger partial charge is 0.496 e. The Morgan fingerprint density at radius 1 is 1.17 bits per heavy atom. The predicted octanol–water partition coefficient (Wildman–Crippen LogP) is 4.50. The van der Waals surface area contributed by atoms with E-state index in [0.717, 1.165) is 16.9 Å². The van der Waals surface area contributed by atoms with Crippen LogP contribution in [0, 0.1) is 19.7 Å². The number of aryl methyl sites for hydroxylation is 2. The van der Waals surface area contributed by atoms with E-state index in [4.69, 9.17) is 17.0 Å². The highest BCUT2D eigenvalue weighted by atomic mass is 32.1. The van der Waals surface area contributed by atoms with E-state index >= 15 is 0 Å². The van der Waals surface area contributed by atoms with Crippen molar-refractivity contribution >= 4 is 23.0 Å². The second kappa shape index (κ2) is 7.42. The summed E-state index contributed by atoms with van der Waals surface area (Å²) in [7, 11) is 1.65. The molecule has 2 aromatic carbocycles. The molecule has 0 heterocycles. The molecule has 122 valence electrons. The van der Waals surface area contributed by atoms with Crippen molar-refractivity contribution < 1.29 is 9.13 Å². The highest BCUT2D eigenvalue weighted by Crippen LogP contribution is 2.26. The van der Waals surface area contributed by atoms with Crippen LogP contribution in [0.25, 0.3) is 0 Å². The van der Waals surface area contributed by atoms with Crippen LogP contribution in [0.4, 0.5) is 10.1 Å². The molecule has 0 aliphatic rings. The molecule has 0 saturated heterocycles. The molecule has 0 fully saturated rings. The Kier molecular flexibility index (Phi) is 5.55. The van der Waals surface area contributed by atoms with Crippen LogP contribution in [0.3, 0.4) is 0 Å². The number of halogens is 1. The summed E-state index contributed by atoms with van der Waals surface area (Å²) >= 11 is 5.32. The van der Waals surface area contributed by atoms with Crippen LogP contribution < -0.4 is 15.4 Å². The maximum atomic E-state index is 13.6. The van der Waals surface area contributed by atoms with Crippen LogP contribution in [0.2, 0.25) is 0 Å². The second-order valence-corrected chi connectivity index (χ2v) is 5.94. The highest BCUT2D eigenvalue weighted by molar-refractivity contribution is 7.80.